The van der Waals surface area contributed by atoms with E-state index < -0.39 is 5.41 Å². The lowest BCUT2D eigenvalue weighted by atomic mass is 9.67. The van der Waals surface area contributed by atoms with Crippen LogP contribution in [0.4, 0.5) is 0 Å². The van der Waals surface area contributed by atoms with Gasteiger partial charge in [0.05, 0.1) is 27.5 Å². The van der Waals surface area contributed by atoms with E-state index in [0.717, 1.165) is 33.1 Å². The molecule has 0 amide bonds. The molecule has 0 atom stereocenters. The van der Waals surface area contributed by atoms with E-state index in [2.05, 4.69) is 168 Å². The van der Waals surface area contributed by atoms with Gasteiger partial charge in [0.1, 0.15) is 5.52 Å². The molecule has 3 heterocycles. The number of aromatic nitrogens is 3. The highest BCUT2D eigenvalue weighted by Gasteiger charge is 2.46. The first kappa shape index (κ1) is 27.9. The Morgan fingerprint density at radius 1 is 0.442 bits per heavy atom. The Bertz CT molecular complexity index is 3180. The molecule has 3 heteroatoms. The predicted octanol–water partition coefficient (Wildman–Crippen LogP) is 12.0. The maximum atomic E-state index is 5.26. The summed E-state index contributed by atoms with van der Waals surface area (Å²) in [6.45, 7) is 0. The number of benzene rings is 8. The van der Waals surface area contributed by atoms with Gasteiger partial charge in [-0.15, -0.1) is 0 Å². The highest BCUT2D eigenvalue weighted by molar-refractivity contribution is 6.29. The van der Waals surface area contributed by atoms with Crippen LogP contribution in [0.2, 0.25) is 0 Å². The number of nitrogens with zero attached hydrogens (tertiary/aromatic N) is 3. The van der Waals surface area contributed by atoms with E-state index in [1.165, 1.54) is 71.6 Å². The van der Waals surface area contributed by atoms with Gasteiger partial charge in [-0.05, 0) is 91.7 Å². The Hall–Kier alpha value is -6.84. The van der Waals surface area contributed by atoms with Crippen LogP contribution < -0.4 is 0 Å². The van der Waals surface area contributed by atoms with Gasteiger partial charge in [0.15, 0.2) is 5.65 Å². The molecule has 11 aromatic rings. The SMILES string of the molecule is c1ccc(C2(c3ccccc3)c3ccccc3-c3cc(-c4cc5c6nc7ccccc7nc6n6c7ccc8ccccc8c7c(c4)c56)ccc32)cc1. The fourth-order valence-corrected chi connectivity index (χ4v) is 9.44. The Balaban J connectivity index is 1.19. The van der Waals surface area contributed by atoms with Crippen LogP contribution in [0, 0.1) is 0 Å². The third-order valence-electron chi connectivity index (χ3n) is 11.6. The largest absolute Gasteiger partial charge is 0.291 e. The van der Waals surface area contributed by atoms with E-state index in [9.17, 15) is 0 Å². The summed E-state index contributed by atoms with van der Waals surface area (Å²) in [6, 6.07) is 64.3. The van der Waals surface area contributed by atoms with Gasteiger partial charge in [0.25, 0.3) is 0 Å². The monoisotopic (exact) mass is 659 g/mol. The minimum Gasteiger partial charge on any atom is -0.291 e. The van der Waals surface area contributed by atoms with Crippen LogP contribution in [0.3, 0.4) is 0 Å². The average Bonchev–Trinajstić information content (AvgIpc) is 3.83. The first-order valence-electron chi connectivity index (χ1n) is 17.9. The van der Waals surface area contributed by atoms with E-state index in [4.69, 9.17) is 9.97 Å². The molecule has 0 saturated heterocycles. The van der Waals surface area contributed by atoms with Gasteiger partial charge in [-0.2, -0.15) is 0 Å². The van der Waals surface area contributed by atoms with Gasteiger partial charge in [0.2, 0.25) is 0 Å². The summed E-state index contributed by atoms with van der Waals surface area (Å²) in [6.07, 6.45) is 0. The highest BCUT2D eigenvalue weighted by Crippen LogP contribution is 2.57. The fourth-order valence-electron chi connectivity index (χ4n) is 9.44. The van der Waals surface area contributed by atoms with Crippen molar-refractivity contribution in [3.63, 3.8) is 0 Å². The second-order valence-electron chi connectivity index (χ2n) is 14.1. The molecular weight excluding hydrogens is 631 g/mol. The quantitative estimate of drug-likeness (QED) is 0.189. The number of hydrogen-bond acceptors (Lipinski definition) is 2. The van der Waals surface area contributed by atoms with Gasteiger partial charge in [-0.3, -0.25) is 4.40 Å². The van der Waals surface area contributed by atoms with Crippen LogP contribution in [0.25, 0.3) is 82.4 Å². The summed E-state index contributed by atoms with van der Waals surface area (Å²) >= 11 is 0. The van der Waals surface area contributed by atoms with Gasteiger partial charge < -0.3 is 0 Å². The van der Waals surface area contributed by atoms with Crippen molar-refractivity contribution in [2.75, 3.05) is 0 Å². The summed E-state index contributed by atoms with van der Waals surface area (Å²) in [5.74, 6) is 0. The standard InChI is InChI=1S/C49H29N3/c1-3-14-33(15-4-1)49(34-16-5-2-6-17-34)40-20-10-9-19-36(40)37-27-31(23-25-41(37)49)32-28-38-45-35-18-8-7-13-30(35)24-26-44(45)52-47(38)39(29-32)46-48(52)51-43-22-12-11-21-42(43)50-46/h1-29H. The van der Waals surface area contributed by atoms with Crippen molar-refractivity contribution >= 4 is 60.2 Å². The maximum Gasteiger partial charge on any atom is 0.165 e. The Kier molecular flexibility index (Phi) is 5.43. The van der Waals surface area contributed by atoms with Crippen molar-refractivity contribution in [1.29, 1.82) is 0 Å². The van der Waals surface area contributed by atoms with Crippen LogP contribution in [-0.2, 0) is 5.41 Å². The van der Waals surface area contributed by atoms with Gasteiger partial charge >= 0.3 is 0 Å². The third-order valence-corrected chi connectivity index (χ3v) is 11.6. The molecule has 1 aliphatic rings. The molecule has 52 heavy (non-hydrogen) atoms. The molecule has 0 aliphatic heterocycles. The Labute approximate surface area is 299 Å². The molecule has 0 N–H and O–H groups in total. The van der Waals surface area contributed by atoms with Crippen molar-refractivity contribution < 1.29 is 0 Å². The molecule has 0 saturated carbocycles. The predicted molar refractivity (Wildman–Crippen MR) is 214 cm³/mol. The first-order chi connectivity index (χ1) is 25.8. The number of rotatable bonds is 3. The minimum atomic E-state index is -0.424. The number of hydrogen-bond donors (Lipinski definition) is 0. The van der Waals surface area contributed by atoms with Crippen LogP contribution in [0.5, 0.6) is 0 Å². The third kappa shape index (κ3) is 3.49. The summed E-state index contributed by atoms with van der Waals surface area (Å²) in [4.78, 5) is 10.5. The van der Waals surface area contributed by atoms with Crippen molar-refractivity contribution in [2.45, 2.75) is 5.41 Å². The smallest absolute Gasteiger partial charge is 0.165 e. The van der Waals surface area contributed by atoms with Crippen molar-refractivity contribution in [3.8, 4) is 22.3 Å². The highest BCUT2D eigenvalue weighted by atomic mass is 15.0. The minimum absolute atomic E-state index is 0.424. The lowest BCUT2D eigenvalue weighted by Crippen LogP contribution is -2.28. The van der Waals surface area contributed by atoms with E-state index in [1.807, 2.05) is 12.1 Å². The zero-order valence-electron chi connectivity index (χ0n) is 28.1. The van der Waals surface area contributed by atoms with E-state index in [-0.39, 0.29) is 0 Å². The zero-order chi connectivity index (χ0) is 34.0. The summed E-state index contributed by atoms with van der Waals surface area (Å²) in [5, 5.41) is 6.11. The normalized spacial score (nSPS) is 13.5. The van der Waals surface area contributed by atoms with E-state index in [1.54, 1.807) is 0 Å². The summed E-state index contributed by atoms with van der Waals surface area (Å²) in [7, 11) is 0. The van der Waals surface area contributed by atoms with Crippen molar-refractivity contribution in [1.82, 2.24) is 14.4 Å². The molecule has 0 fully saturated rings. The molecule has 3 nitrogen and oxygen atoms in total. The molecular formula is C49H29N3. The van der Waals surface area contributed by atoms with Crippen LogP contribution in [0.15, 0.2) is 176 Å². The summed E-state index contributed by atoms with van der Waals surface area (Å²) in [5.41, 5.74) is 15.7. The molecule has 1 aliphatic carbocycles. The Morgan fingerprint density at radius 2 is 1.10 bits per heavy atom. The van der Waals surface area contributed by atoms with Crippen molar-refractivity contribution in [3.05, 3.63) is 198 Å². The fraction of sp³-hybridized carbons (Fsp3) is 0.0204. The summed E-state index contributed by atoms with van der Waals surface area (Å²) < 4.78 is 2.35. The molecule has 8 aromatic carbocycles. The van der Waals surface area contributed by atoms with Gasteiger partial charge in [-0.1, -0.05) is 140 Å². The lowest BCUT2D eigenvalue weighted by Gasteiger charge is -2.33. The number of fused-ring (bicyclic) bond motifs is 12. The van der Waals surface area contributed by atoms with Gasteiger partial charge in [-0.25, -0.2) is 9.97 Å². The zero-order valence-corrected chi connectivity index (χ0v) is 28.1. The van der Waals surface area contributed by atoms with E-state index >= 15 is 0 Å². The van der Waals surface area contributed by atoms with Crippen LogP contribution in [0.1, 0.15) is 22.3 Å². The van der Waals surface area contributed by atoms with E-state index in [0.29, 0.717) is 0 Å². The Morgan fingerprint density at radius 3 is 1.90 bits per heavy atom. The first-order valence-corrected chi connectivity index (χ1v) is 17.9. The van der Waals surface area contributed by atoms with Gasteiger partial charge in [0, 0.05) is 16.2 Å². The lowest BCUT2D eigenvalue weighted by molar-refractivity contribution is 0.768. The maximum absolute atomic E-state index is 5.26. The second-order valence-corrected chi connectivity index (χ2v) is 14.1. The van der Waals surface area contributed by atoms with Crippen LogP contribution in [-0.4, -0.2) is 14.4 Å². The molecule has 3 aromatic heterocycles. The molecule has 12 rings (SSSR count). The number of para-hydroxylation sites is 2. The van der Waals surface area contributed by atoms with Crippen LogP contribution >= 0.6 is 0 Å². The molecule has 240 valence electrons. The molecule has 0 spiro atoms. The van der Waals surface area contributed by atoms with Crippen molar-refractivity contribution in [2.24, 2.45) is 0 Å². The second kappa shape index (κ2) is 10.1. The average molecular weight is 660 g/mol. The molecule has 0 unspecified atom stereocenters. The molecule has 0 radical (unpaired) electrons. The topological polar surface area (TPSA) is 30.2 Å². The molecule has 0 bridgehead atoms.